The van der Waals surface area contributed by atoms with Crippen molar-refractivity contribution < 1.29 is 9.47 Å². The minimum atomic E-state index is 0.571. The van der Waals surface area contributed by atoms with Crippen LogP contribution >= 0.6 is 0 Å². The average molecular weight is 282 g/mol. The van der Waals surface area contributed by atoms with Gasteiger partial charge in [0.15, 0.2) is 11.5 Å². The van der Waals surface area contributed by atoms with Gasteiger partial charge in [-0.25, -0.2) is 4.98 Å². The van der Waals surface area contributed by atoms with E-state index >= 15 is 0 Å². The smallest absolute Gasteiger partial charge is 0.161 e. The van der Waals surface area contributed by atoms with Crippen LogP contribution < -0.4 is 9.47 Å². The number of nitrogens with zero attached hydrogens (tertiary/aromatic N) is 2. The molecule has 21 heavy (non-hydrogen) atoms. The Morgan fingerprint density at radius 1 is 1.00 bits per heavy atom. The summed E-state index contributed by atoms with van der Waals surface area (Å²) in [6.07, 6.45) is 0. The first kappa shape index (κ1) is 13.5. The average Bonchev–Trinajstić information content (AvgIpc) is 2.84. The van der Waals surface area contributed by atoms with Crippen molar-refractivity contribution >= 4 is 11.0 Å². The highest BCUT2D eigenvalue weighted by Gasteiger charge is 2.07. The van der Waals surface area contributed by atoms with Crippen LogP contribution in [0.15, 0.2) is 48.5 Å². The summed E-state index contributed by atoms with van der Waals surface area (Å²) in [5, 5.41) is 0. The van der Waals surface area contributed by atoms with Crippen LogP contribution in [0.5, 0.6) is 11.5 Å². The predicted octanol–water partition coefficient (Wildman–Crippen LogP) is 3.43. The number of ether oxygens (including phenoxy) is 2. The number of aromatic nitrogens is 2. The molecule has 1 heterocycles. The monoisotopic (exact) mass is 282 g/mol. The number of aryl methyl sites for hydroxylation is 1. The summed E-state index contributed by atoms with van der Waals surface area (Å²) in [4.78, 5) is 4.56. The zero-order valence-corrected chi connectivity index (χ0v) is 12.2. The Labute approximate surface area is 123 Å². The normalized spacial score (nSPS) is 10.8. The highest BCUT2D eigenvalue weighted by molar-refractivity contribution is 5.75. The maximum Gasteiger partial charge on any atom is 0.161 e. The summed E-state index contributed by atoms with van der Waals surface area (Å²) in [6.45, 7) is 3.34. The van der Waals surface area contributed by atoms with Gasteiger partial charge in [0.25, 0.3) is 0 Å². The third-order valence-corrected chi connectivity index (χ3v) is 3.49. The van der Waals surface area contributed by atoms with E-state index in [1.54, 1.807) is 7.11 Å². The largest absolute Gasteiger partial charge is 0.493 e. The van der Waals surface area contributed by atoms with Gasteiger partial charge >= 0.3 is 0 Å². The Bertz CT molecular complexity index is 749. The predicted molar refractivity (Wildman–Crippen MR) is 83.0 cm³/mol. The van der Waals surface area contributed by atoms with Crippen LogP contribution in [0, 0.1) is 6.92 Å². The SMILES string of the molecule is COc1ccccc1OCCn1c(C)nc2ccccc21. The van der Waals surface area contributed by atoms with Crippen molar-refractivity contribution in [2.24, 2.45) is 0 Å². The van der Waals surface area contributed by atoms with Gasteiger partial charge in [-0.05, 0) is 31.2 Å². The van der Waals surface area contributed by atoms with E-state index in [0.717, 1.165) is 34.9 Å². The summed E-state index contributed by atoms with van der Waals surface area (Å²) < 4.78 is 13.3. The molecule has 1 aromatic heterocycles. The first-order valence-electron chi connectivity index (χ1n) is 6.97. The van der Waals surface area contributed by atoms with Crippen LogP contribution in [0.2, 0.25) is 0 Å². The van der Waals surface area contributed by atoms with Crippen LogP contribution in [0.1, 0.15) is 5.82 Å². The van der Waals surface area contributed by atoms with Gasteiger partial charge in [-0.2, -0.15) is 0 Å². The maximum absolute atomic E-state index is 5.83. The van der Waals surface area contributed by atoms with E-state index in [0.29, 0.717) is 6.61 Å². The molecule has 0 bridgehead atoms. The summed E-state index contributed by atoms with van der Waals surface area (Å²) in [7, 11) is 1.65. The van der Waals surface area contributed by atoms with Crippen LogP contribution in [-0.4, -0.2) is 23.3 Å². The van der Waals surface area contributed by atoms with Gasteiger partial charge in [-0.1, -0.05) is 24.3 Å². The molecule has 0 radical (unpaired) electrons. The zero-order valence-electron chi connectivity index (χ0n) is 12.2. The molecule has 3 rings (SSSR count). The zero-order chi connectivity index (χ0) is 14.7. The number of methoxy groups -OCH3 is 1. The molecule has 0 aliphatic rings. The molecule has 0 atom stereocenters. The number of hydrogen-bond donors (Lipinski definition) is 0. The Hall–Kier alpha value is -2.49. The van der Waals surface area contributed by atoms with Crippen molar-refractivity contribution in [3.8, 4) is 11.5 Å². The van der Waals surface area contributed by atoms with Gasteiger partial charge in [-0.3, -0.25) is 0 Å². The van der Waals surface area contributed by atoms with Crippen molar-refractivity contribution in [1.29, 1.82) is 0 Å². The van der Waals surface area contributed by atoms with E-state index in [4.69, 9.17) is 9.47 Å². The number of benzene rings is 2. The second-order valence-corrected chi connectivity index (χ2v) is 4.80. The summed E-state index contributed by atoms with van der Waals surface area (Å²) >= 11 is 0. The minimum absolute atomic E-state index is 0.571. The van der Waals surface area contributed by atoms with E-state index in [1.807, 2.05) is 49.4 Å². The maximum atomic E-state index is 5.83. The summed E-state index contributed by atoms with van der Waals surface area (Å²) in [5.74, 6) is 2.52. The van der Waals surface area contributed by atoms with Gasteiger partial charge in [0.2, 0.25) is 0 Å². The highest BCUT2D eigenvalue weighted by atomic mass is 16.5. The van der Waals surface area contributed by atoms with Crippen LogP contribution in [0.3, 0.4) is 0 Å². The molecule has 3 aromatic rings. The number of rotatable bonds is 5. The fourth-order valence-electron chi connectivity index (χ4n) is 2.46. The van der Waals surface area contributed by atoms with Crippen LogP contribution in [0.4, 0.5) is 0 Å². The number of para-hydroxylation sites is 4. The highest BCUT2D eigenvalue weighted by Crippen LogP contribution is 2.25. The third kappa shape index (κ3) is 2.70. The quantitative estimate of drug-likeness (QED) is 0.719. The lowest BCUT2D eigenvalue weighted by Gasteiger charge is -2.11. The summed E-state index contributed by atoms with van der Waals surface area (Å²) in [5.41, 5.74) is 2.16. The molecule has 0 unspecified atom stereocenters. The molecule has 108 valence electrons. The van der Waals surface area contributed by atoms with E-state index in [9.17, 15) is 0 Å². The number of hydrogen-bond acceptors (Lipinski definition) is 3. The number of imidazole rings is 1. The fourth-order valence-corrected chi connectivity index (χ4v) is 2.46. The Kier molecular flexibility index (Phi) is 3.77. The van der Waals surface area contributed by atoms with Gasteiger partial charge in [0.05, 0.1) is 24.7 Å². The fraction of sp³-hybridized carbons (Fsp3) is 0.235. The van der Waals surface area contributed by atoms with Crippen LogP contribution in [-0.2, 0) is 6.54 Å². The molecule has 0 aliphatic heterocycles. The molecule has 0 N–H and O–H groups in total. The Balaban J connectivity index is 1.74. The Morgan fingerprint density at radius 3 is 2.52 bits per heavy atom. The summed E-state index contributed by atoms with van der Waals surface area (Å²) in [6, 6.07) is 15.8. The van der Waals surface area contributed by atoms with Gasteiger partial charge in [0.1, 0.15) is 12.4 Å². The lowest BCUT2D eigenvalue weighted by Crippen LogP contribution is -2.10. The molecule has 0 fully saturated rings. The van der Waals surface area contributed by atoms with E-state index in [-0.39, 0.29) is 0 Å². The molecule has 0 amide bonds. The van der Waals surface area contributed by atoms with E-state index in [1.165, 1.54) is 0 Å². The first-order valence-corrected chi connectivity index (χ1v) is 6.97. The van der Waals surface area contributed by atoms with Gasteiger partial charge in [0, 0.05) is 0 Å². The van der Waals surface area contributed by atoms with Crippen molar-refractivity contribution in [1.82, 2.24) is 9.55 Å². The topological polar surface area (TPSA) is 36.3 Å². The second kappa shape index (κ2) is 5.87. The van der Waals surface area contributed by atoms with Crippen molar-refractivity contribution in [3.05, 3.63) is 54.4 Å². The molecule has 2 aromatic carbocycles. The van der Waals surface area contributed by atoms with Crippen LogP contribution in [0.25, 0.3) is 11.0 Å². The Morgan fingerprint density at radius 2 is 1.71 bits per heavy atom. The van der Waals surface area contributed by atoms with E-state index in [2.05, 4.69) is 15.6 Å². The molecule has 4 nitrogen and oxygen atoms in total. The van der Waals surface area contributed by atoms with Crippen molar-refractivity contribution in [3.63, 3.8) is 0 Å². The second-order valence-electron chi connectivity index (χ2n) is 4.80. The van der Waals surface area contributed by atoms with Crippen molar-refractivity contribution in [2.45, 2.75) is 13.5 Å². The molecular weight excluding hydrogens is 264 g/mol. The van der Waals surface area contributed by atoms with Gasteiger partial charge in [-0.15, -0.1) is 0 Å². The molecule has 0 aliphatic carbocycles. The lowest BCUT2D eigenvalue weighted by atomic mass is 10.3. The van der Waals surface area contributed by atoms with Gasteiger partial charge < -0.3 is 14.0 Å². The molecule has 0 saturated heterocycles. The van der Waals surface area contributed by atoms with Crippen molar-refractivity contribution in [2.75, 3.05) is 13.7 Å². The standard InChI is InChI=1S/C17H18N2O2/c1-13-18-14-7-3-4-8-15(14)19(13)11-12-21-17-10-6-5-9-16(17)20-2/h3-10H,11-12H2,1-2H3. The molecule has 0 spiro atoms. The lowest BCUT2D eigenvalue weighted by molar-refractivity contribution is 0.280. The number of fused-ring (bicyclic) bond motifs is 1. The molecule has 0 saturated carbocycles. The first-order chi connectivity index (χ1) is 10.3. The third-order valence-electron chi connectivity index (χ3n) is 3.49. The molecule has 4 heteroatoms. The minimum Gasteiger partial charge on any atom is -0.493 e. The molecular formula is C17H18N2O2. The van der Waals surface area contributed by atoms with E-state index < -0.39 is 0 Å².